The molecule has 5 heteroatoms. The molecule has 2 aromatic rings. The van der Waals surface area contributed by atoms with Crippen LogP contribution in [0.15, 0.2) is 41.0 Å². The van der Waals surface area contributed by atoms with Crippen LogP contribution in [0.4, 0.5) is 10.5 Å². The van der Waals surface area contributed by atoms with Crippen molar-refractivity contribution in [2.45, 2.75) is 32.2 Å². The fourth-order valence-electron chi connectivity index (χ4n) is 3.87. The van der Waals surface area contributed by atoms with Gasteiger partial charge < -0.3 is 19.5 Å². The quantitative estimate of drug-likeness (QED) is 0.911. The average Bonchev–Trinajstić information content (AvgIpc) is 3.12. The maximum absolute atomic E-state index is 12.7. The van der Waals surface area contributed by atoms with Gasteiger partial charge in [-0.1, -0.05) is 12.1 Å². The highest BCUT2D eigenvalue weighted by Gasteiger charge is 2.27. The second kappa shape index (κ2) is 6.82. The second-order valence-corrected chi connectivity index (χ2v) is 7.01. The molecule has 1 N–H and O–H groups in total. The summed E-state index contributed by atoms with van der Waals surface area (Å²) in [5.41, 5.74) is 3.67. The first kappa shape index (κ1) is 16.1. The van der Waals surface area contributed by atoms with Gasteiger partial charge in [0.25, 0.3) is 0 Å². The molecule has 0 radical (unpaired) electrons. The lowest BCUT2D eigenvalue weighted by atomic mass is 9.93. The minimum Gasteiger partial charge on any atom is -0.469 e. The topological polar surface area (TPSA) is 48.7 Å². The Labute approximate surface area is 148 Å². The number of aryl methyl sites for hydroxylation is 2. The number of nitrogens with one attached hydrogen (secondary N) is 1. The molecule has 2 amide bonds. The van der Waals surface area contributed by atoms with E-state index in [1.165, 1.54) is 11.3 Å². The fourth-order valence-corrected chi connectivity index (χ4v) is 3.87. The van der Waals surface area contributed by atoms with Crippen molar-refractivity contribution in [3.63, 3.8) is 0 Å². The van der Waals surface area contributed by atoms with E-state index in [0.29, 0.717) is 0 Å². The number of rotatable bonds is 2. The van der Waals surface area contributed by atoms with Gasteiger partial charge in [0.05, 0.1) is 12.3 Å². The number of furan rings is 1. The van der Waals surface area contributed by atoms with Crippen molar-refractivity contribution >= 4 is 11.7 Å². The smallest absolute Gasteiger partial charge is 0.318 e. The summed E-state index contributed by atoms with van der Waals surface area (Å²) in [7, 11) is 0. The molecule has 25 heavy (non-hydrogen) atoms. The summed E-state index contributed by atoms with van der Waals surface area (Å²) in [6, 6.07) is 10.7. The van der Waals surface area contributed by atoms with E-state index in [2.05, 4.69) is 41.4 Å². The van der Waals surface area contributed by atoms with Crippen molar-refractivity contribution in [3.8, 4) is 0 Å². The number of hydrogen-bond acceptors (Lipinski definition) is 3. The van der Waals surface area contributed by atoms with Gasteiger partial charge in [-0.15, -0.1) is 0 Å². The van der Waals surface area contributed by atoms with E-state index >= 15 is 0 Å². The number of amides is 2. The molecule has 2 aliphatic rings. The maximum Gasteiger partial charge on any atom is 0.318 e. The predicted molar refractivity (Wildman–Crippen MR) is 97.9 cm³/mol. The molecular formula is C20H25N3O2. The van der Waals surface area contributed by atoms with Crippen LogP contribution in [0.25, 0.3) is 0 Å². The maximum atomic E-state index is 12.7. The highest BCUT2D eigenvalue weighted by atomic mass is 16.3. The molecule has 1 aliphatic heterocycles. The Balaban J connectivity index is 1.35. The number of anilines is 1. The van der Waals surface area contributed by atoms with Gasteiger partial charge in [0, 0.05) is 43.9 Å². The van der Waals surface area contributed by atoms with E-state index in [1.54, 1.807) is 6.26 Å². The first-order valence-electron chi connectivity index (χ1n) is 9.14. The van der Waals surface area contributed by atoms with Gasteiger partial charge in [0.2, 0.25) is 0 Å². The van der Waals surface area contributed by atoms with Crippen LogP contribution in [0.1, 0.15) is 35.8 Å². The SMILES string of the molecule is Cc1cccc(N2CCN(C(=O)NC3CCCc4occc43)CC2)c1. The van der Waals surface area contributed by atoms with Crippen molar-refractivity contribution in [2.75, 3.05) is 31.1 Å². The largest absolute Gasteiger partial charge is 0.469 e. The number of urea groups is 1. The van der Waals surface area contributed by atoms with E-state index < -0.39 is 0 Å². The predicted octanol–water partition coefficient (Wildman–Crippen LogP) is 3.50. The lowest BCUT2D eigenvalue weighted by Crippen LogP contribution is -2.52. The molecule has 1 fully saturated rings. The third-order valence-corrected chi connectivity index (χ3v) is 5.28. The Morgan fingerprint density at radius 1 is 1.20 bits per heavy atom. The molecule has 1 aliphatic carbocycles. The standard InChI is InChI=1S/C20H25N3O2/c1-15-4-2-5-16(14-15)22-9-11-23(12-10-22)20(24)21-18-6-3-7-19-17(18)8-13-25-19/h2,4-5,8,13-14,18H,3,6-7,9-12H2,1H3,(H,21,24). The summed E-state index contributed by atoms with van der Waals surface area (Å²) < 4.78 is 5.51. The molecule has 0 bridgehead atoms. The van der Waals surface area contributed by atoms with Crippen LogP contribution in [0, 0.1) is 6.92 Å². The van der Waals surface area contributed by atoms with Gasteiger partial charge >= 0.3 is 6.03 Å². The first-order valence-corrected chi connectivity index (χ1v) is 9.14. The monoisotopic (exact) mass is 339 g/mol. The first-order chi connectivity index (χ1) is 12.2. The molecule has 1 saturated heterocycles. The summed E-state index contributed by atoms with van der Waals surface area (Å²) in [6.45, 7) is 5.37. The molecule has 132 valence electrons. The summed E-state index contributed by atoms with van der Waals surface area (Å²) in [6.07, 6.45) is 4.76. The zero-order valence-corrected chi connectivity index (χ0v) is 14.7. The lowest BCUT2D eigenvalue weighted by molar-refractivity contribution is 0.188. The van der Waals surface area contributed by atoms with E-state index in [1.807, 2.05) is 11.0 Å². The van der Waals surface area contributed by atoms with Crippen molar-refractivity contribution in [1.82, 2.24) is 10.2 Å². The Morgan fingerprint density at radius 2 is 2.04 bits per heavy atom. The van der Waals surface area contributed by atoms with Crippen LogP contribution in [0.5, 0.6) is 0 Å². The highest BCUT2D eigenvalue weighted by molar-refractivity contribution is 5.75. The highest BCUT2D eigenvalue weighted by Crippen LogP contribution is 2.30. The molecule has 2 heterocycles. The molecule has 4 rings (SSSR count). The van der Waals surface area contributed by atoms with Gasteiger partial charge in [0.15, 0.2) is 0 Å². The molecule has 5 nitrogen and oxygen atoms in total. The van der Waals surface area contributed by atoms with Gasteiger partial charge in [-0.25, -0.2) is 4.79 Å². The summed E-state index contributed by atoms with van der Waals surface area (Å²) in [4.78, 5) is 16.9. The third kappa shape index (κ3) is 3.36. The average molecular weight is 339 g/mol. The number of nitrogens with zero attached hydrogens (tertiary/aromatic N) is 2. The third-order valence-electron chi connectivity index (χ3n) is 5.28. The van der Waals surface area contributed by atoms with E-state index in [-0.39, 0.29) is 12.1 Å². The minimum atomic E-state index is 0.0444. The fraction of sp³-hybridized carbons (Fsp3) is 0.450. The van der Waals surface area contributed by atoms with Gasteiger partial charge in [-0.3, -0.25) is 0 Å². The second-order valence-electron chi connectivity index (χ2n) is 7.01. The number of carbonyl (C=O) groups excluding carboxylic acids is 1. The van der Waals surface area contributed by atoms with Crippen LogP contribution < -0.4 is 10.2 Å². The Hall–Kier alpha value is -2.43. The van der Waals surface area contributed by atoms with Gasteiger partial charge in [0.1, 0.15) is 5.76 Å². The minimum absolute atomic E-state index is 0.0444. The van der Waals surface area contributed by atoms with Crippen LogP contribution in [-0.2, 0) is 6.42 Å². The Kier molecular flexibility index (Phi) is 4.38. The summed E-state index contributed by atoms with van der Waals surface area (Å²) in [5.74, 6) is 1.03. The Bertz CT molecular complexity index is 747. The van der Waals surface area contributed by atoms with Crippen LogP contribution in [0.2, 0.25) is 0 Å². The van der Waals surface area contributed by atoms with Crippen molar-refractivity contribution in [3.05, 3.63) is 53.5 Å². The van der Waals surface area contributed by atoms with Crippen molar-refractivity contribution < 1.29 is 9.21 Å². The van der Waals surface area contributed by atoms with Crippen LogP contribution in [0.3, 0.4) is 0 Å². The van der Waals surface area contributed by atoms with Crippen LogP contribution in [-0.4, -0.2) is 37.1 Å². The van der Waals surface area contributed by atoms with Crippen molar-refractivity contribution in [2.24, 2.45) is 0 Å². The molecule has 0 saturated carbocycles. The number of fused-ring (bicyclic) bond motifs is 1. The van der Waals surface area contributed by atoms with Gasteiger partial charge in [-0.2, -0.15) is 0 Å². The van der Waals surface area contributed by atoms with Crippen LogP contribution >= 0.6 is 0 Å². The Morgan fingerprint density at radius 3 is 2.84 bits per heavy atom. The molecular weight excluding hydrogens is 314 g/mol. The lowest BCUT2D eigenvalue weighted by Gasteiger charge is -2.37. The number of benzene rings is 1. The molecule has 1 unspecified atom stereocenters. The number of carbonyl (C=O) groups is 1. The van der Waals surface area contributed by atoms with E-state index in [4.69, 9.17) is 4.42 Å². The summed E-state index contributed by atoms with van der Waals surface area (Å²) >= 11 is 0. The molecule has 1 atom stereocenters. The van der Waals surface area contributed by atoms with Crippen molar-refractivity contribution in [1.29, 1.82) is 0 Å². The number of piperazine rings is 1. The molecule has 0 spiro atoms. The number of hydrogen-bond donors (Lipinski definition) is 1. The zero-order valence-electron chi connectivity index (χ0n) is 14.7. The zero-order chi connectivity index (χ0) is 17.2. The van der Waals surface area contributed by atoms with Gasteiger partial charge in [-0.05, 0) is 43.5 Å². The van der Waals surface area contributed by atoms with E-state index in [9.17, 15) is 4.79 Å². The van der Waals surface area contributed by atoms with E-state index in [0.717, 1.165) is 56.8 Å². The normalized spacial score (nSPS) is 20.3. The molecule has 1 aromatic carbocycles. The molecule has 1 aromatic heterocycles. The summed E-state index contributed by atoms with van der Waals surface area (Å²) in [5, 5.41) is 3.20.